The van der Waals surface area contributed by atoms with Crippen LogP contribution in [0.25, 0.3) is 0 Å². The molecule has 1 N–H and O–H groups in total. The maximum absolute atomic E-state index is 10.3. The number of hydrogen-bond donors (Lipinski definition) is 1. The molecule has 2 aliphatic rings. The number of carbonyl (C=O) groups excluding carboxylic acids is 1. The Morgan fingerprint density at radius 1 is 1.26 bits per heavy atom. The Balaban J connectivity index is 2.06. The van der Waals surface area contributed by atoms with Gasteiger partial charge in [-0.15, -0.1) is 0 Å². The molecule has 0 aromatic rings. The summed E-state index contributed by atoms with van der Waals surface area (Å²) in [5, 5.41) is 10.2. The van der Waals surface area contributed by atoms with Crippen LogP contribution in [-0.4, -0.2) is 46.7 Å². The number of carbonyl (C=O) groups is 1. The SMILES string of the molecule is CC[C@H]1O[C@@H]2C[C@@H](O[C@@H]2C/C=C/C=O)[C@H](O)C[C@@H]1Br. The van der Waals surface area contributed by atoms with E-state index in [1.807, 2.05) is 0 Å². The van der Waals surface area contributed by atoms with Crippen LogP contribution in [0.3, 0.4) is 0 Å². The number of hydrogen-bond acceptors (Lipinski definition) is 4. The Hall–Kier alpha value is -0.230. The number of rotatable bonds is 4. The Morgan fingerprint density at radius 3 is 2.68 bits per heavy atom. The summed E-state index contributed by atoms with van der Waals surface area (Å²) >= 11 is 3.61. The van der Waals surface area contributed by atoms with E-state index < -0.39 is 6.10 Å². The van der Waals surface area contributed by atoms with Gasteiger partial charge in [0.05, 0.1) is 30.5 Å². The number of aliphatic hydroxyl groups excluding tert-OH is 1. The second kappa shape index (κ2) is 6.97. The molecule has 0 spiro atoms. The smallest absolute Gasteiger partial charge is 0.142 e. The Labute approximate surface area is 122 Å². The van der Waals surface area contributed by atoms with E-state index in [2.05, 4.69) is 22.9 Å². The summed E-state index contributed by atoms with van der Waals surface area (Å²) in [5.74, 6) is 0. The minimum Gasteiger partial charge on any atom is -0.390 e. The van der Waals surface area contributed by atoms with E-state index in [4.69, 9.17) is 9.47 Å². The molecule has 0 unspecified atom stereocenters. The summed E-state index contributed by atoms with van der Waals surface area (Å²) in [6, 6.07) is 0. The van der Waals surface area contributed by atoms with Gasteiger partial charge in [-0.25, -0.2) is 0 Å². The van der Waals surface area contributed by atoms with E-state index >= 15 is 0 Å². The number of aldehydes is 1. The second-order valence-electron chi connectivity index (χ2n) is 5.19. The van der Waals surface area contributed by atoms with E-state index in [-0.39, 0.29) is 29.2 Å². The van der Waals surface area contributed by atoms with Crippen LogP contribution in [0.2, 0.25) is 0 Å². The molecule has 0 amide bonds. The van der Waals surface area contributed by atoms with Crippen LogP contribution < -0.4 is 0 Å². The number of fused-ring (bicyclic) bond motifs is 2. The zero-order valence-corrected chi connectivity index (χ0v) is 12.7. The molecule has 0 aromatic carbocycles. The summed E-state index contributed by atoms with van der Waals surface area (Å²) < 4.78 is 12.0. The molecule has 2 heterocycles. The number of alkyl halides is 1. The molecule has 0 aliphatic carbocycles. The lowest BCUT2D eigenvalue weighted by Crippen LogP contribution is -2.38. The van der Waals surface area contributed by atoms with Gasteiger partial charge in [-0.05, 0) is 25.3 Å². The first-order chi connectivity index (χ1) is 9.15. The van der Waals surface area contributed by atoms with E-state index in [1.165, 1.54) is 6.08 Å². The first-order valence-electron chi connectivity index (χ1n) is 6.89. The Morgan fingerprint density at radius 2 is 2.00 bits per heavy atom. The van der Waals surface area contributed by atoms with Crippen LogP contribution in [0.15, 0.2) is 12.2 Å². The normalized spacial score (nSPS) is 43.1. The molecule has 2 rings (SSSR count). The van der Waals surface area contributed by atoms with Gasteiger partial charge in [-0.3, -0.25) is 4.79 Å². The summed E-state index contributed by atoms with van der Waals surface area (Å²) in [6.07, 6.45) is 6.40. The zero-order valence-electron chi connectivity index (χ0n) is 11.1. The third-order valence-electron chi connectivity index (χ3n) is 3.86. The standard InChI is InChI=1S/C14H21BrO4/c1-2-11-9(15)7-10(17)13-8-14(18-11)12(19-13)5-3-4-6-16/h3-4,6,9-14,17H,2,5,7-8H2,1H3/b4-3+/t9-,10+,11+,12+,13+,14+/m0/s1. The van der Waals surface area contributed by atoms with E-state index in [0.717, 1.165) is 19.1 Å². The largest absolute Gasteiger partial charge is 0.390 e. The van der Waals surface area contributed by atoms with Crippen molar-refractivity contribution in [2.45, 2.75) is 68.0 Å². The topological polar surface area (TPSA) is 55.8 Å². The molecule has 0 radical (unpaired) electrons. The number of halogens is 1. The molecule has 0 aromatic heterocycles. The highest BCUT2D eigenvalue weighted by Crippen LogP contribution is 2.35. The van der Waals surface area contributed by atoms with Crippen molar-refractivity contribution in [2.24, 2.45) is 0 Å². The molecule has 5 heteroatoms. The molecule has 2 saturated heterocycles. The third-order valence-corrected chi connectivity index (χ3v) is 4.83. The molecule has 4 nitrogen and oxygen atoms in total. The van der Waals surface area contributed by atoms with E-state index in [1.54, 1.807) is 6.08 Å². The van der Waals surface area contributed by atoms with Gasteiger partial charge in [0.25, 0.3) is 0 Å². The first-order valence-corrected chi connectivity index (χ1v) is 7.80. The quantitative estimate of drug-likeness (QED) is 0.486. The fourth-order valence-electron chi connectivity index (χ4n) is 2.81. The van der Waals surface area contributed by atoms with Crippen LogP contribution >= 0.6 is 15.9 Å². The molecule has 2 bridgehead atoms. The molecule has 108 valence electrons. The number of allylic oxidation sites excluding steroid dienone is 1. The van der Waals surface area contributed by atoms with Gasteiger partial charge in [-0.2, -0.15) is 0 Å². The van der Waals surface area contributed by atoms with Crippen LogP contribution in [0.4, 0.5) is 0 Å². The summed E-state index contributed by atoms with van der Waals surface area (Å²) in [4.78, 5) is 10.5. The molecule has 6 atom stereocenters. The van der Waals surface area contributed by atoms with Crippen LogP contribution in [0.5, 0.6) is 0 Å². The van der Waals surface area contributed by atoms with Crippen LogP contribution in [0.1, 0.15) is 32.6 Å². The van der Waals surface area contributed by atoms with Gasteiger partial charge >= 0.3 is 0 Å². The lowest BCUT2D eigenvalue weighted by Gasteiger charge is -2.30. The third kappa shape index (κ3) is 3.66. The van der Waals surface area contributed by atoms with Gasteiger partial charge in [-0.1, -0.05) is 28.9 Å². The Kier molecular flexibility index (Phi) is 5.57. The van der Waals surface area contributed by atoms with Gasteiger partial charge in [0, 0.05) is 11.2 Å². The van der Waals surface area contributed by atoms with Gasteiger partial charge in [0.1, 0.15) is 6.29 Å². The fourth-order valence-corrected chi connectivity index (χ4v) is 3.69. The lowest BCUT2D eigenvalue weighted by molar-refractivity contribution is -0.104. The van der Waals surface area contributed by atoms with E-state index in [9.17, 15) is 9.90 Å². The highest BCUT2D eigenvalue weighted by Gasteiger charge is 2.43. The summed E-state index contributed by atoms with van der Waals surface area (Å²) in [7, 11) is 0. The van der Waals surface area contributed by atoms with Crippen molar-refractivity contribution < 1.29 is 19.4 Å². The highest BCUT2D eigenvalue weighted by molar-refractivity contribution is 9.09. The van der Waals surface area contributed by atoms with Crippen molar-refractivity contribution in [3.63, 3.8) is 0 Å². The molecule has 2 aliphatic heterocycles. The predicted molar refractivity (Wildman–Crippen MR) is 75.4 cm³/mol. The molecule has 19 heavy (non-hydrogen) atoms. The second-order valence-corrected chi connectivity index (χ2v) is 6.37. The van der Waals surface area contributed by atoms with Crippen molar-refractivity contribution in [1.29, 1.82) is 0 Å². The Bertz CT molecular complexity index is 333. The van der Waals surface area contributed by atoms with Crippen LogP contribution in [-0.2, 0) is 14.3 Å². The summed E-state index contributed by atoms with van der Waals surface area (Å²) in [5.41, 5.74) is 0. The van der Waals surface area contributed by atoms with Gasteiger partial charge in [0.15, 0.2) is 0 Å². The van der Waals surface area contributed by atoms with E-state index in [0.29, 0.717) is 12.8 Å². The van der Waals surface area contributed by atoms with Crippen molar-refractivity contribution in [3.8, 4) is 0 Å². The summed E-state index contributed by atoms with van der Waals surface area (Å²) in [6.45, 7) is 2.08. The average Bonchev–Trinajstić information content (AvgIpc) is 2.79. The molecular formula is C14H21BrO4. The van der Waals surface area contributed by atoms with Gasteiger partial charge in [0.2, 0.25) is 0 Å². The first kappa shape index (κ1) is 15.2. The average molecular weight is 333 g/mol. The number of ether oxygens (including phenoxy) is 2. The minimum absolute atomic E-state index is 0.00116. The van der Waals surface area contributed by atoms with Crippen molar-refractivity contribution >= 4 is 22.2 Å². The minimum atomic E-state index is -0.454. The van der Waals surface area contributed by atoms with Gasteiger partial charge < -0.3 is 14.6 Å². The number of aliphatic hydroxyl groups is 1. The predicted octanol–water partition coefficient (Wildman–Crippen LogP) is 1.98. The fraction of sp³-hybridized carbons (Fsp3) is 0.786. The highest BCUT2D eigenvalue weighted by atomic mass is 79.9. The molecular weight excluding hydrogens is 312 g/mol. The molecule has 2 fully saturated rings. The van der Waals surface area contributed by atoms with Crippen molar-refractivity contribution in [1.82, 2.24) is 0 Å². The maximum Gasteiger partial charge on any atom is 0.142 e. The lowest BCUT2D eigenvalue weighted by atomic mass is 9.97. The maximum atomic E-state index is 10.3. The monoisotopic (exact) mass is 332 g/mol. The zero-order chi connectivity index (χ0) is 13.8. The van der Waals surface area contributed by atoms with Crippen molar-refractivity contribution in [3.05, 3.63) is 12.2 Å². The van der Waals surface area contributed by atoms with Crippen molar-refractivity contribution in [2.75, 3.05) is 0 Å². The molecule has 0 saturated carbocycles. The van der Waals surface area contributed by atoms with Crippen LogP contribution in [0, 0.1) is 0 Å².